The van der Waals surface area contributed by atoms with Crippen molar-refractivity contribution in [3.8, 4) is 11.5 Å². The number of benzene rings is 1. The van der Waals surface area contributed by atoms with E-state index in [4.69, 9.17) is 9.47 Å². The number of hydrogen-bond donors (Lipinski definition) is 1. The molecule has 4 rings (SSSR count). The predicted octanol–water partition coefficient (Wildman–Crippen LogP) is 3.95. The molecule has 0 unspecified atom stereocenters. The van der Waals surface area contributed by atoms with E-state index in [1.54, 1.807) is 19.5 Å². The van der Waals surface area contributed by atoms with Gasteiger partial charge in [-0.2, -0.15) is 0 Å². The topological polar surface area (TPSA) is 43.4 Å². The molecule has 0 atom stereocenters. The number of rotatable bonds is 9. The highest BCUT2D eigenvalue weighted by atomic mass is 16.5. The number of nitrogens with one attached hydrogen (secondary N) is 1. The number of methoxy groups -OCH3 is 1. The lowest BCUT2D eigenvalue weighted by Crippen LogP contribution is -2.32. The third-order valence-electron chi connectivity index (χ3n) is 5.17. The van der Waals surface area contributed by atoms with Crippen molar-refractivity contribution in [2.45, 2.75) is 44.9 Å². The van der Waals surface area contributed by atoms with Gasteiger partial charge in [0.05, 0.1) is 7.11 Å². The molecule has 1 aromatic carbocycles. The highest BCUT2D eigenvalue weighted by Crippen LogP contribution is 2.44. The van der Waals surface area contributed by atoms with Gasteiger partial charge in [-0.1, -0.05) is 6.07 Å². The Bertz CT molecular complexity index is 684. The average Bonchev–Trinajstić information content (AvgIpc) is 3.55. The molecule has 0 bridgehead atoms. The SMILES string of the molecule is COc1cc(CNC(C2CC2)C2CC2)ccc1OCc1ccncc1. The van der Waals surface area contributed by atoms with Crippen molar-refractivity contribution in [2.24, 2.45) is 11.8 Å². The predicted molar refractivity (Wildman–Crippen MR) is 97.6 cm³/mol. The molecule has 4 heteroatoms. The van der Waals surface area contributed by atoms with Crippen molar-refractivity contribution in [2.75, 3.05) is 7.11 Å². The summed E-state index contributed by atoms with van der Waals surface area (Å²) in [6.45, 7) is 1.42. The van der Waals surface area contributed by atoms with Crippen molar-refractivity contribution in [3.05, 3.63) is 53.9 Å². The van der Waals surface area contributed by atoms with Crippen molar-refractivity contribution in [1.29, 1.82) is 0 Å². The van der Waals surface area contributed by atoms with Gasteiger partial charge in [0.2, 0.25) is 0 Å². The summed E-state index contributed by atoms with van der Waals surface area (Å²) in [7, 11) is 1.70. The Labute approximate surface area is 149 Å². The van der Waals surface area contributed by atoms with Gasteiger partial charge in [-0.25, -0.2) is 0 Å². The van der Waals surface area contributed by atoms with Crippen LogP contribution in [0.5, 0.6) is 11.5 Å². The van der Waals surface area contributed by atoms with Crippen molar-refractivity contribution < 1.29 is 9.47 Å². The first-order chi connectivity index (χ1) is 12.3. The maximum absolute atomic E-state index is 5.92. The van der Waals surface area contributed by atoms with Gasteiger partial charge in [0.25, 0.3) is 0 Å². The molecule has 0 spiro atoms. The van der Waals surface area contributed by atoms with E-state index >= 15 is 0 Å². The lowest BCUT2D eigenvalue weighted by atomic mass is 10.1. The number of aromatic nitrogens is 1. The van der Waals surface area contributed by atoms with Crippen LogP contribution in [0.25, 0.3) is 0 Å². The first-order valence-electron chi connectivity index (χ1n) is 9.25. The maximum Gasteiger partial charge on any atom is 0.161 e. The number of ether oxygens (including phenoxy) is 2. The van der Waals surface area contributed by atoms with Gasteiger partial charge in [-0.05, 0) is 72.9 Å². The molecule has 2 fully saturated rings. The summed E-state index contributed by atoms with van der Waals surface area (Å²) in [4.78, 5) is 4.03. The van der Waals surface area contributed by atoms with E-state index in [1.807, 2.05) is 18.2 Å². The fourth-order valence-electron chi connectivity index (χ4n) is 3.45. The molecule has 1 heterocycles. The summed E-state index contributed by atoms with van der Waals surface area (Å²) in [6, 6.07) is 10.9. The van der Waals surface area contributed by atoms with Crippen LogP contribution in [-0.4, -0.2) is 18.1 Å². The van der Waals surface area contributed by atoms with E-state index in [-0.39, 0.29) is 0 Å². The van der Waals surface area contributed by atoms with Gasteiger partial charge in [0, 0.05) is 25.0 Å². The number of nitrogens with zero attached hydrogens (tertiary/aromatic N) is 1. The molecule has 1 aromatic heterocycles. The summed E-state index contributed by atoms with van der Waals surface area (Å²) < 4.78 is 11.5. The molecule has 2 aliphatic rings. The molecular formula is C21H26N2O2. The van der Waals surface area contributed by atoms with Crippen LogP contribution in [-0.2, 0) is 13.2 Å². The minimum atomic E-state index is 0.516. The maximum atomic E-state index is 5.92. The molecule has 0 aliphatic heterocycles. The molecule has 2 saturated carbocycles. The largest absolute Gasteiger partial charge is 0.493 e. The molecule has 25 heavy (non-hydrogen) atoms. The minimum Gasteiger partial charge on any atom is -0.493 e. The molecule has 2 aromatic rings. The normalized spacial score (nSPS) is 16.9. The smallest absolute Gasteiger partial charge is 0.161 e. The Morgan fingerprint density at radius 3 is 2.36 bits per heavy atom. The molecule has 0 saturated heterocycles. The van der Waals surface area contributed by atoms with E-state index in [0.717, 1.165) is 35.4 Å². The van der Waals surface area contributed by atoms with E-state index in [0.29, 0.717) is 12.6 Å². The zero-order valence-electron chi connectivity index (χ0n) is 14.8. The summed E-state index contributed by atoms with van der Waals surface area (Å²) in [5.74, 6) is 3.40. The molecule has 2 aliphatic carbocycles. The first kappa shape index (κ1) is 16.4. The van der Waals surface area contributed by atoms with Gasteiger partial charge >= 0.3 is 0 Å². The average molecular weight is 338 g/mol. The minimum absolute atomic E-state index is 0.516. The lowest BCUT2D eigenvalue weighted by molar-refractivity contribution is 0.284. The van der Waals surface area contributed by atoms with Gasteiger partial charge in [0.1, 0.15) is 6.61 Å². The van der Waals surface area contributed by atoms with Crippen LogP contribution in [0, 0.1) is 11.8 Å². The molecule has 0 radical (unpaired) electrons. The summed E-state index contributed by atoms with van der Waals surface area (Å²) >= 11 is 0. The van der Waals surface area contributed by atoms with Crippen LogP contribution >= 0.6 is 0 Å². The highest BCUT2D eigenvalue weighted by Gasteiger charge is 2.40. The molecule has 4 nitrogen and oxygen atoms in total. The van der Waals surface area contributed by atoms with Crippen molar-refractivity contribution in [1.82, 2.24) is 10.3 Å². The second kappa shape index (κ2) is 7.44. The molecule has 0 amide bonds. The Hall–Kier alpha value is -2.07. The molecule has 1 N–H and O–H groups in total. The lowest BCUT2D eigenvalue weighted by Gasteiger charge is -2.18. The van der Waals surface area contributed by atoms with Crippen LogP contribution in [0.15, 0.2) is 42.7 Å². The Morgan fingerprint density at radius 2 is 1.72 bits per heavy atom. The third-order valence-corrected chi connectivity index (χ3v) is 5.17. The summed E-state index contributed by atoms with van der Waals surface area (Å²) in [5, 5.41) is 3.79. The Balaban J connectivity index is 1.37. The first-order valence-corrected chi connectivity index (χ1v) is 9.25. The second-order valence-electron chi connectivity index (χ2n) is 7.21. The fourth-order valence-corrected chi connectivity index (χ4v) is 3.45. The number of pyridine rings is 1. The van der Waals surface area contributed by atoms with E-state index in [1.165, 1.54) is 31.2 Å². The summed E-state index contributed by atoms with van der Waals surface area (Å²) in [5.41, 5.74) is 2.35. The van der Waals surface area contributed by atoms with Gasteiger partial charge < -0.3 is 14.8 Å². The van der Waals surface area contributed by atoms with Crippen LogP contribution in [0.4, 0.5) is 0 Å². The van der Waals surface area contributed by atoms with Crippen LogP contribution in [0.1, 0.15) is 36.8 Å². The highest BCUT2D eigenvalue weighted by molar-refractivity contribution is 5.43. The van der Waals surface area contributed by atoms with Crippen LogP contribution < -0.4 is 14.8 Å². The molecular weight excluding hydrogens is 312 g/mol. The van der Waals surface area contributed by atoms with Gasteiger partial charge in [-0.15, -0.1) is 0 Å². The second-order valence-corrected chi connectivity index (χ2v) is 7.21. The van der Waals surface area contributed by atoms with E-state index < -0.39 is 0 Å². The monoisotopic (exact) mass is 338 g/mol. The quantitative estimate of drug-likeness (QED) is 0.752. The number of hydrogen-bond acceptors (Lipinski definition) is 4. The van der Waals surface area contributed by atoms with E-state index in [9.17, 15) is 0 Å². The van der Waals surface area contributed by atoms with Crippen LogP contribution in [0.3, 0.4) is 0 Å². The van der Waals surface area contributed by atoms with Gasteiger partial charge in [0.15, 0.2) is 11.5 Å². The van der Waals surface area contributed by atoms with Gasteiger partial charge in [-0.3, -0.25) is 4.98 Å². The zero-order valence-corrected chi connectivity index (χ0v) is 14.8. The third kappa shape index (κ3) is 4.31. The summed E-state index contributed by atoms with van der Waals surface area (Å²) in [6.07, 6.45) is 9.17. The van der Waals surface area contributed by atoms with Crippen molar-refractivity contribution >= 4 is 0 Å². The van der Waals surface area contributed by atoms with Crippen LogP contribution in [0.2, 0.25) is 0 Å². The zero-order chi connectivity index (χ0) is 17.1. The van der Waals surface area contributed by atoms with Crippen molar-refractivity contribution in [3.63, 3.8) is 0 Å². The fraction of sp³-hybridized carbons (Fsp3) is 0.476. The Morgan fingerprint density at radius 1 is 1.00 bits per heavy atom. The Kier molecular flexibility index (Phi) is 4.88. The molecule has 132 valence electrons. The standard InChI is InChI=1S/C21H26N2O2/c1-24-20-12-16(13-23-21(17-3-4-17)18-5-6-18)2-7-19(20)25-14-15-8-10-22-11-9-15/h2,7-12,17-18,21,23H,3-6,13-14H2,1H3. The van der Waals surface area contributed by atoms with E-state index in [2.05, 4.69) is 22.4 Å².